The van der Waals surface area contributed by atoms with Crippen LogP contribution in [0.3, 0.4) is 0 Å². The number of nitro groups is 1. The number of hydrogen-bond acceptors (Lipinski definition) is 4. The van der Waals surface area contributed by atoms with Crippen LogP contribution >= 0.6 is 11.6 Å². The van der Waals surface area contributed by atoms with E-state index in [1.807, 2.05) is 0 Å². The first-order chi connectivity index (χ1) is 7.16. The van der Waals surface area contributed by atoms with Crippen molar-refractivity contribution < 1.29 is 9.66 Å². The normalized spacial score (nSPS) is 10.3. The average molecular weight is 231 g/mol. The Morgan fingerprint density at radius 1 is 1.53 bits per heavy atom. The molecule has 0 atom stereocenters. The van der Waals surface area contributed by atoms with Gasteiger partial charge in [0.25, 0.3) is 5.69 Å². The third kappa shape index (κ3) is 3.16. The van der Waals surface area contributed by atoms with E-state index in [0.29, 0.717) is 23.7 Å². The van der Waals surface area contributed by atoms with Crippen molar-refractivity contribution in [3.63, 3.8) is 0 Å². The topological polar surface area (TPSA) is 78.4 Å². The number of nitrogens with zero attached hydrogens (tertiary/aromatic N) is 1. The molecular formula is C9H11ClN2O3. The van der Waals surface area contributed by atoms with Gasteiger partial charge in [0, 0.05) is 12.6 Å². The van der Waals surface area contributed by atoms with E-state index in [2.05, 4.69) is 0 Å². The van der Waals surface area contributed by atoms with Gasteiger partial charge in [-0.25, -0.2) is 0 Å². The van der Waals surface area contributed by atoms with Crippen LogP contribution in [0.25, 0.3) is 0 Å². The number of benzene rings is 1. The molecule has 0 saturated heterocycles. The first kappa shape index (κ1) is 11.9. The Morgan fingerprint density at radius 3 is 2.87 bits per heavy atom. The van der Waals surface area contributed by atoms with Gasteiger partial charge in [-0.2, -0.15) is 0 Å². The van der Waals surface area contributed by atoms with Crippen LogP contribution in [0, 0.1) is 10.1 Å². The molecule has 6 heteroatoms. The van der Waals surface area contributed by atoms with Crippen molar-refractivity contribution in [2.75, 3.05) is 13.2 Å². The van der Waals surface area contributed by atoms with E-state index < -0.39 is 4.92 Å². The zero-order chi connectivity index (χ0) is 11.3. The summed E-state index contributed by atoms with van der Waals surface area (Å²) in [5.74, 6) is 0. The molecule has 5 nitrogen and oxygen atoms in total. The number of ether oxygens (including phenoxy) is 1. The lowest BCUT2D eigenvalue weighted by Crippen LogP contribution is -2.09. The van der Waals surface area contributed by atoms with Crippen molar-refractivity contribution in [2.24, 2.45) is 5.73 Å². The number of hydrogen-bond donors (Lipinski definition) is 1. The van der Waals surface area contributed by atoms with Crippen molar-refractivity contribution in [2.45, 2.75) is 6.61 Å². The molecule has 0 radical (unpaired) electrons. The van der Waals surface area contributed by atoms with Gasteiger partial charge in [0.15, 0.2) is 0 Å². The Morgan fingerprint density at radius 2 is 2.27 bits per heavy atom. The molecule has 0 spiro atoms. The van der Waals surface area contributed by atoms with Crippen LogP contribution in [0.15, 0.2) is 18.2 Å². The van der Waals surface area contributed by atoms with Crippen LogP contribution in [0.5, 0.6) is 0 Å². The standard InChI is InChI=1S/C9H11ClN2O3/c10-8-2-1-3-9(12(13)14)7(8)6-15-5-4-11/h1-3H,4-6,11H2. The molecule has 0 aliphatic rings. The lowest BCUT2D eigenvalue weighted by Gasteiger charge is -2.05. The van der Waals surface area contributed by atoms with Crippen molar-refractivity contribution >= 4 is 17.3 Å². The summed E-state index contributed by atoms with van der Waals surface area (Å²) in [6.07, 6.45) is 0. The third-order valence-electron chi connectivity index (χ3n) is 1.80. The molecule has 0 heterocycles. The highest BCUT2D eigenvalue weighted by molar-refractivity contribution is 6.31. The van der Waals surface area contributed by atoms with Crippen molar-refractivity contribution in [1.29, 1.82) is 0 Å². The number of rotatable bonds is 5. The zero-order valence-corrected chi connectivity index (χ0v) is 8.74. The van der Waals surface area contributed by atoms with Crippen molar-refractivity contribution in [3.05, 3.63) is 38.9 Å². The predicted octanol–water partition coefficient (Wildman–Crippen LogP) is 1.72. The van der Waals surface area contributed by atoms with Gasteiger partial charge in [0.2, 0.25) is 0 Å². The minimum atomic E-state index is -0.479. The van der Waals surface area contributed by atoms with Gasteiger partial charge in [0.05, 0.1) is 28.7 Å². The van der Waals surface area contributed by atoms with Gasteiger partial charge in [-0.1, -0.05) is 17.7 Å². The SMILES string of the molecule is NCCOCc1c(Cl)cccc1[N+](=O)[O-]. The second kappa shape index (κ2) is 5.65. The van der Waals surface area contributed by atoms with E-state index in [-0.39, 0.29) is 12.3 Å². The number of halogens is 1. The molecule has 1 aromatic carbocycles. The van der Waals surface area contributed by atoms with Crippen LogP contribution < -0.4 is 5.73 Å². The summed E-state index contributed by atoms with van der Waals surface area (Å²) in [6.45, 7) is 0.827. The summed E-state index contributed by atoms with van der Waals surface area (Å²) in [5, 5.41) is 11.0. The van der Waals surface area contributed by atoms with E-state index in [1.165, 1.54) is 12.1 Å². The number of nitrogens with two attached hydrogens (primary N) is 1. The lowest BCUT2D eigenvalue weighted by molar-refractivity contribution is -0.385. The lowest BCUT2D eigenvalue weighted by atomic mass is 10.2. The molecule has 1 rings (SSSR count). The molecule has 0 unspecified atom stereocenters. The highest BCUT2D eigenvalue weighted by Gasteiger charge is 2.16. The van der Waals surface area contributed by atoms with E-state index in [0.717, 1.165) is 0 Å². The molecule has 0 amide bonds. The number of nitro benzene ring substituents is 1. The molecule has 0 fully saturated rings. The van der Waals surface area contributed by atoms with Gasteiger partial charge in [-0.15, -0.1) is 0 Å². The highest BCUT2D eigenvalue weighted by atomic mass is 35.5. The van der Waals surface area contributed by atoms with Crippen LogP contribution in [-0.4, -0.2) is 18.1 Å². The van der Waals surface area contributed by atoms with E-state index in [9.17, 15) is 10.1 Å². The Balaban J connectivity index is 2.87. The maximum absolute atomic E-state index is 10.7. The second-order valence-corrected chi connectivity index (χ2v) is 3.24. The van der Waals surface area contributed by atoms with Gasteiger partial charge in [0.1, 0.15) is 0 Å². The Kier molecular flexibility index (Phi) is 4.48. The van der Waals surface area contributed by atoms with Crippen LogP contribution in [-0.2, 0) is 11.3 Å². The Bertz CT molecular complexity index is 357. The zero-order valence-electron chi connectivity index (χ0n) is 7.98. The molecule has 0 bridgehead atoms. The molecule has 1 aromatic rings. The molecular weight excluding hydrogens is 220 g/mol. The van der Waals surface area contributed by atoms with E-state index >= 15 is 0 Å². The summed E-state index contributed by atoms with van der Waals surface area (Å²) in [4.78, 5) is 10.2. The smallest absolute Gasteiger partial charge is 0.276 e. The maximum atomic E-state index is 10.7. The Labute approximate surface area is 91.9 Å². The highest BCUT2D eigenvalue weighted by Crippen LogP contribution is 2.26. The fourth-order valence-corrected chi connectivity index (χ4v) is 1.34. The first-order valence-corrected chi connectivity index (χ1v) is 4.74. The molecule has 15 heavy (non-hydrogen) atoms. The van der Waals surface area contributed by atoms with Crippen molar-refractivity contribution in [3.8, 4) is 0 Å². The molecule has 0 aliphatic heterocycles. The Hall–Kier alpha value is -1.17. The summed E-state index contributed by atoms with van der Waals surface area (Å²) in [7, 11) is 0. The fraction of sp³-hybridized carbons (Fsp3) is 0.333. The minimum absolute atomic E-state index is 0.0282. The van der Waals surface area contributed by atoms with Gasteiger partial charge < -0.3 is 10.5 Å². The summed E-state index contributed by atoms with van der Waals surface area (Å²) in [6, 6.07) is 4.52. The average Bonchev–Trinajstić information content (AvgIpc) is 2.20. The minimum Gasteiger partial charge on any atom is -0.375 e. The first-order valence-electron chi connectivity index (χ1n) is 4.36. The molecule has 0 saturated carbocycles. The maximum Gasteiger partial charge on any atom is 0.276 e. The van der Waals surface area contributed by atoms with Crippen molar-refractivity contribution in [1.82, 2.24) is 0 Å². The van der Waals surface area contributed by atoms with Gasteiger partial charge in [-0.3, -0.25) is 10.1 Å². The summed E-state index contributed by atoms with van der Waals surface area (Å²) < 4.78 is 5.13. The second-order valence-electron chi connectivity index (χ2n) is 2.84. The fourth-order valence-electron chi connectivity index (χ4n) is 1.12. The van der Waals surface area contributed by atoms with Gasteiger partial charge in [-0.05, 0) is 6.07 Å². The summed E-state index contributed by atoms with van der Waals surface area (Å²) >= 11 is 5.84. The van der Waals surface area contributed by atoms with Gasteiger partial charge >= 0.3 is 0 Å². The van der Waals surface area contributed by atoms with E-state index in [4.69, 9.17) is 22.1 Å². The molecule has 2 N–H and O–H groups in total. The quantitative estimate of drug-likeness (QED) is 0.475. The third-order valence-corrected chi connectivity index (χ3v) is 2.15. The molecule has 82 valence electrons. The monoisotopic (exact) mass is 230 g/mol. The predicted molar refractivity (Wildman–Crippen MR) is 56.8 cm³/mol. The molecule has 0 aliphatic carbocycles. The summed E-state index contributed by atoms with van der Waals surface area (Å²) in [5.41, 5.74) is 5.60. The van der Waals surface area contributed by atoms with Crippen LogP contribution in [0.1, 0.15) is 5.56 Å². The molecule has 0 aromatic heterocycles. The van der Waals surface area contributed by atoms with Crippen LogP contribution in [0.4, 0.5) is 5.69 Å². The van der Waals surface area contributed by atoms with Crippen LogP contribution in [0.2, 0.25) is 5.02 Å². The van der Waals surface area contributed by atoms with E-state index in [1.54, 1.807) is 6.07 Å². The largest absolute Gasteiger partial charge is 0.375 e.